The van der Waals surface area contributed by atoms with Gasteiger partial charge >= 0.3 is 11.8 Å². The van der Waals surface area contributed by atoms with Crippen molar-refractivity contribution >= 4 is 40.0 Å². The quantitative estimate of drug-likeness (QED) is 0.624. The number of aromatic amines is 1. The van der Waals surface area contributed by atoms with Crippen LogP contribution in [0.5, 0.6) is 5.75 Å². The van der Waals surface area contributed by atoms with Crippen LogP contribution in [0.15, 0.2) is 42.9 Å². The van der Waals surface area contributed by atoms with Crippen molar-refractivity contribution < 1.29 is 14.3 Å². The lowest BCUT2D eigenvalue weighted by atomic mass is 10.2. The van der Waals surface area contributed by atoms with E-state index >= 15 is 0 Å². The molecule has 128 valence electrons. The molecule has 0 saturated carbocycles. The molecular formula is C17H15ClN4O3. The Hall–Kier alpha value is -3.06. The van der Waals surface area contributed by atoms with Gasteiger partial charge in [0, 0.05) is 30.5 Å². The topological polar surface area (TPSA) is 96.1 Å². The fraction of sp³-hybridized carbons (Fsp3) is 0.118. The molecule has 0 unspecified atom stereocenters. The summed E-state index contributed by atoms with van der Waals surface area (Å²) in [4.78, 5) is 31.0. The Labute approximate surface area is 148 Å². The number of rotatable bonds is 4. The van der Waals surface area contributed by atoms with Gasteiger partial charge in [0.15, 0.2) is 0 Å². The van der Waals surface area contributed by atoms with Crippen molar-refractivity contribution in [3.8, 4) is 5.75 Å². The van der Waals surface area contributed by atoms with Gasteiger partial charge in [0.2, 0.25) is 0 Å². The number of nitrogens with one attached hydrogen (secondary N) is 3. The van der Waals surface area contributed by atoms with Gasteiger partial charge in [-0.05, 0) is 23.8 Å². The third-order valence-corrected chi connectivity index (χ3v) is 3.90. The minimum absolute atomic E-state index is 0.172. The van der Waals surface area contributed by atoms with Crippen LogP contribution in [0.3, 0.4) is 0 Å². The van der Waals surface area contributed by atoms with E-state index in [1.807, 2.05) is 0 Å². The predicted molar refractivity (Wildman–Crippen MR) is 94.6 cm³/mol. The Bertz CT molecular complexity index is 939. The maximum Gasteiger partial charge on any atom is 0.313 e. The SMILES string of the molecule is COc1ccc(CNC(=O)C(=O)Nc2c[nH]c3ccncc23)cc1Cl. The molecule has 0 spiro atoms. The number of anilines is 1. The third kappa shape index (κ3) is 3.72. The van der Waals surface area contributed by atoms with Crippen molar-refractivity contribution in [2.45, 2.75) is 6.54 Å². The van der Waals surface area contributed by atoms with Crippen LogP contribution < -0.4 is 15.4 Å². The number of pyridine rings is 1. The number of methoxy groups -OCH3 is 1. The molecular weight excluding hydrogens is 344 g/mol. The Morgan fingerprint density at radius 1 is 1.28 bits per heavy atom. The molecule has 3 rings (SSSR count). The van der Waals surface area contributed by atoms with Crippen molar-refractivity contribution in [2.75, 3.05) is 12.4 Å². The predicted octanol–water partition coefficient (Wildman–Crippen LogP) is 2.48. The highest BCUT2D eigenvalue weighted by atomic mass is 35.5. The maximum absolute atomic E-state index is 12.0. The number of aromatic nitrogens is 2. The summed E-state index contributed by atoms with van der Waals surface area (Å²) in [6, 6.07) is 6.90. The molecule has 0 aliphatic heterocycles. The summed E-state index contributed by atoms with van der Waals surface area (Å²) >= 11 is 6.03. The van der Waals surface area contributed by atoms with Crippen LogP contribution in [0.2, 0.25) is 5.02 Å². The van der Waals surface area contributed by atoms with Crippen LogP contribution in [-0.4, -0.2) is 28.9 Å². The van der Waals surface area contributed by atoms with Crippen LogP contribution >= 0.6 is 11.6 Å². The Kier molecular flexibility index (Phi) is 4.85. The van der Waals surface area contributed by atoms with Crippen LogP contribution in [0.1, 0.15) is 5.56 Å². The van der Waals surface area contributed by atoms with Gasteiger partial charge in [-0.15, -0.1) is 0 Å². The van der Waals surface area contributed by atoms with E-state index in [0.29, 0.717) is 16.5 Å². The van der Waals surface area contributed by atoms with Gasteiger partial charge in [0.05, 0.1) is 23.3 Å². The average molecular weight is 359 g/mol. The molecule has 3 aromatic rings. The molecule has 2 amide bonds. The number of fused-ring (bicyclic) bond motifs is 1. The highest BCUT2D eigenvalue weighted by molar-refractivity contribution is 6.40. The van der Waals surface area contributed by atoms with E-state index in [-0.39, 0.29) is 6.54 Å². The number of amides is 2. The minimum atomic E-state index is -0.760. The number of carbonyl (C=O) groups excluding carboxylic acids is 2. The third-order valence-electron chi connectivity index (χ3n) is 3.61. The summed E-state index contributed by atoms with van der Waals surface area (Å²) in [5.74, 6) is -0.961. The van der Waals surface area contributed by atoms with Crippen LogP contribution in [0.4, 0.5) is 5.69 Å². The largest absolute Gasteiger partial charge is 0.495 e. The number of halogens is 1. The molecule has 0 saturated heterocycles. The second-order valence-electron chi connectivity index (χ2n) is 5.23. The van der Waals surface area contributed by atoms with Gasteiger partial charge < -0.3 is 20.4 Å². The Morgan fingerprint density at radius 3 is 2.88 bits per heavy atom. The molecule has 0 fully saturated rings. The van der Waals surface area contributed by atoms with Gasteiger partial charge in [0.25, 0.3) is 0 Å². The first-order chi connectivity index (χ1) is 12.1. The van der Waals surface area contributed by atoms with E-state index < -0.39 is 11.8 Å². The molecule has 2 heterocycles. The summed E-state index contributed by atoms with van der Waals surface area (Å²) in [5, 5.41) is 6.27. The van der Waals surface area contributed by atoms with Gasteiger partial charge in [-0.2, -0.15) is 0 Å². The molecule has 25 heavy (non-hydrogen) atoms. The smallest absolute Gasteiger partial charge is 0.313 e. The lowest BCUT2D eigenvalue weighted by molar-refractivity contribution is -0.136. The lowest BCUT2D eigenvalue weighted by Gasteiger charge is -2.08. The number of hydrogen-bond acceptors (Lipinski definition) is 4. The van der Waals surface area contributed by atoms with Gasteiger partial charge in [-0.3, -0.25) is 14.6 Å². The molecule has 0 radical (unpaired) electrons. The monoisotopic (exact) mass is 358 g/mol. The average Bonchev–Trinajstić information content (AvgIpc) is 3.03. The van der Waals surface area contributed by atoms with Crippen molar-refractivity contribution in [1.82, 2.24) is 15.3 Å². The molecule has 0 bridgehead atoms. The summed E-state index contributed by atoms with van der Waals surface area (Å²) in [6.07, 6.45) is 4.86. The zero-order valence-corrected chi connectivity index (χ0v) is 14.1. The zero-order chi connectivity index (χ0) is 17.8. The van der Waals surface area contributed by atoms with E-state index in [4.69, 9.17) is 16.3 Å². The number of benzene rings is 1. The normalized spacial score (nSPS) is 10.5. The zero-order valence-electron chi connectivity index (χ0n) is 13.3. The highest BCUT2D eigenvalue weighted by Gasteiger charge is 2.15. The molecule has 8 heteroatoms. The van der Waals surface area contributed by atoms with Crippen LogP contribution in [-0.2, 0) is 16.1 Å². The maximum atomic E-state index is 12.0. The van der Waals surface area contributed by atoms with Gasteiger partial charge in [0.1, 0.15) is 5.75 Å². The summed E-state index contributed by atoms with van der Waals surface area (Å²) in [5.41, 5.74) is 2.07. The molecule has 1 aromatic carbocycles. The first kappa shape index (κ1) is 16.8. The van der Waals surface area contributed by atoms with E-state index in [2.05, 4.69) is 20.6 Å². The summed E-state index contributed by atoms with van der Waals surface area (Å²) in [6.45, 7) is 0.172. The number of nitrogens with zero attached hydrogens (tertiary/aromatic N) is 1. The number of H-pyrrole nitrogens is 1. The van der Waals surface area contributed by atoms with Gasteiger partial charge in [-0.1, -0.05) is 17.7 Å². The molecule has 0 atom stereocenters. The van der Waals surface area contributed by atoms with Crippen LogP contribution in [0.25, 0.3) is 10.9 Å². The Morgan fingerprint density at radius 2 is 2.12 bits per heavy atom. The fourth-order valence-corrected chi connectivity index (χ4v) is 2.61. The van der Waals surface area contributed by atoms with E-state index in [9.17, 15) is 9.59 Å². The van der Waals surface area contributed by atoms with Crippen molar-refractivity contribution in [1.29, 1.82) is 0 Å². The van der Waals surface area contributed by atoms with Crippen molar-refractivity contribution in [3.63, 3.8) is 0 Å². The van der Waals surface area contributed by atoms with Crippen molar-refractivity contribution in [3.05, 3.63) is 53.4 Å². The second-order valence-corrected chi connectivity index (χ2v) is 5.64. The molecule has 7 nitrogen and oxygen atoms in total. The first-order valence-corrected chi connectivity index (χ1v) is 7.79. The van der Waals surface area contributed by atoms with E-state index in [0.717, 1.165) is 16.5 Å². The molecule has 3 N–H and O–H groups in total. The summed E-state index contributed by atoms with van der Waals surface area (Å²) in [7, 11) is 1.52. The van der Waals surface area contributed by atoms with E-state index in [1.165, 1.54) is 7.11 Å². The summed E-state index contributed by atoms with van der Waals surface area (Å²) < 4.78 is 5.07. The van der Waals surface area contributed by atoms with E-state index in [1.54, 1.807) is 42.9 Å². The molecule has 0 aliphatic carbocycles. The number of carbonyl (C=O) groups is 2. The Balaban J connectivity index is 1.61. The second kappa shape index (κ2) is 7.23. The standard InChI is InChI=1S/C17H15ClN4O3/c1-25-15-3-2-10(6-12(15)18)7-21-16(23)17(24)22-14-9-20-13-4-5-19-8-11(13)14/h2-6,8-9,20H,7H2,1H3,(H,21,23)(H,22,24). The molecule has 0 aliphatic rings. The number of ether oxygens (including phenoxy) is 1. The van der Waals surface area contributed by atoms with Crippen molar-refractivity contribution in [2.24, 2.45) is 0 Å². The van der Waals surface area contributed by atoms with Crippen LogP contribution in [0, 0.1) is 0 Å². The first-order valence-electron chi connectivity index (χ1n) is 7.41. The minimum Gasteiger partial charge on any atom is -0.495 e. The lowest BCUT2D eigenvalue weighted by Crippen LogP contribution is -2.34. The highest BCUT2D eigenvalue weighted by Crippen LogP contribution is 2.25. The van der Waals surface area contributed by atoms with Gasteiger partial charge in [-0.25, -0.2) is 0 Å². The molecule has 2 aromatic heterocycles. The number of hydrogen-bond donors (Lipinski definition) is 3. The fourth-order valence-electron chi connectivity index (χ4n) is 2.33.